The van der Waals surface area contributed by atoms with Crippen LogP contribution in [0.3, 0.4) is 0 Å². The van der Waals surface area contributed by atoms with Crippen molar-refractivity contribution in [1.82, 2.24) is 10.2 Å². The fraction of sp³-hybridized carbons (Fsp3) is 0.857. The predicted molar refractivity (Wildman–Crippen MR) is 69.4 cm³/mol. The molecule has 4 atom stereocenters. The molecule has 3 fully saturated rings. The normalized spacial score (nSPS) is 41.1. The molecule has 0 aromatic rings. The molecule has 2 aliphatic heterocycles. The molecule has 106 valence electrons. The highest BCUT2D eigenvalue weighted by molar-refractivity contribution is 6.00. The summed E-state index contributed by atoms with van der Waals surface area (Å²) in [6, 6.07) is 0.101. The summed E-state index contributed by atoms with van der Waals surface area (Å²) in [5.41, 5.74) is 0.0709. The molecule has 0 spiro atoms. The number of hydrogen-bond donors (Lipinski definition) is 1. The van der Waals surface area contributed by atoms with Gasteiger partial charge < -0.3 is 10.1 Å². The fourth-order valence-electron chi connectivity index (χ4n) is 3.95. The second kappa shape index (κ2) is 4.28. The van der Waals surface area contributed by atoms with Gasteiger partial charge in [-0.1, -0.05) is 13.8 Å². The number of carbonyl (C=O) groups is 2. The molecule has 1 N–H and O–H groups in total. The Balaban J connectivity index is 1.69. The van der Waals surface area contributed by atoms with Crippen molar-refractivity contribution in [2.24, 2.45) is 11.3 Å². The summed E-state index contributed by atoms with van der Waals surface area (Å²) in [5, 5.41) is 3.49. The van der Waals surface area contributed by atoms with E-state index in [2.05, 4.69) is 19.2 Å². The number of fused-ring (bicyclic) bond motifs is 1. The van der Waals surface area contributed by atoms with Crippen molar-refractivity contribution in [2.75, 3.05) is 13.7 Å². The molecule has 0 aromatic carbocycles. The molecule has 2 amide bonds. The SMILES string of the molecule is CN1C(=O)CCC(NC2C3CCOC3C2(C)C)C1=O. The van der Waals surface area contributed by atoms with E-state index in [1.54, 1.807) is 7.05 Å². The molecule has 2 heterocycles. The first-order chi connectivity index (χ1) is 8.93. The minimum atomic E-state index is -0.214. The standard InChI is InChI=1S/C14H22N2O3/c1-14(2)11(8-6-7-19-12(8)14)15-9-4-5-10(17)16(3)13(9)18/h8-9,11-12,15H,4-7H2,1-3H3. The second-order valence-corrected chi connectivity index (χ2v) is 6.59. The number of rotatable bonds is 2. The van der Waals surface area contributed by atoms with E-state index in [1.807, 2.05) is 0 Å². The summed E-state index contributed by atoms with van der Waals surface area (Å²) in [5.74, 6) is 0.359. The molecule has 0 radical (unpaired) electrons. The summed E-state index contributed by atoms with van der Waals surface area (Å²) in [6.07, 6.45) is 2.47. The number of piperidine rings is 1. The molecule has 1 aliphatic carbocycles. The average Bonchev–Trinajstić information content (AvgIpc) is 2.82. The van der Waals surface area contributed by atoms with Crippen molar-refractivity contribution in [1.29, 1.82) is 0 Å². The van der Waals surface area contributed by atoms with Crippen LogP contribution < -0.4 is 5.32 Å². The molecular weight excluding hydrogens is 244 g/mol. The van der Waals surface area contributed by atoms with Crippen LogP contribution in [0, 0.1) is 11.3 Å². The Bertz CT molecular complexity index is 421. The van der Waals surface area contributed by atoms with Gasteiger partial charge in [-0.2, -0.15) is 0 Å². The van der Waals surface area contributed by atoms with Gasteiger partial charge in [0.2, 0.25) is 11.8 Å². The lowest BCUT2D eigenvalue weighted by atomic mass is 9.57. The van der Waals surface area contributed by atoms with E-state index in [9.17, 15) is 9.59 Å². The summed E-state index contributed by atoms with van der Waals surface area (Å²) >= 11 is 0. The second-order valence-electron chi connectivity index (χ2n) is 6.59. The minimum Gasteiger partial charge on any atom is -0.377 e. The summed E-state index contributed by atoms with van der Waals surface area (Å²) in [4.78, 5) is 24.9. The van der Waals surface area contributed by atoms with E-state index in [4.69, 9.17) is 4.74 Å². The largest absolute Gasteiger partial charge is 0.377 e. The minimum absolute atomic E-state index is 0.0709. The number of nitrogens with one attached hydrogen (secondary N) is 1. The molecule has 19 heavy (non-hydrogen) atoms. The first kappa shape index (κ1) is 13.1. The zero-order valence-electron chi connectivity index (χ0n) is 11.8. The van der Waals surface area contributed by atoms with E-state index >= 15 is 0 Å². The predicted octanol–water partition coefficient (Wildman–Crippen LogP) is 0.537. The number of carbonyl (C=O) groups excluding carboxylic acids is 2. The van der Waals surface area contributed by atoms with Gasteiger partial charge in [-0.15, -0.1) is 0 Å². The van der Waals surface area contributed by atoms with Crippen molar-refractivity contribution >= 4 is 11.8 Å². The average molecular weight is 266 g/mol. The van der Waals surface area contributed by atoms with Crippen molar-refractivity contribution < 1.29 is 14.3 Å². The van der Waals surface area contributed by atoms with Crippen LogP contribution in [0.1, 0.15) is 33.1 Å². The number of amides is 2. The Kier molecular flexibility index (Phi) is 2.94. The number of ether oxygens (including phenoxy) is 1. The van der Waals surface area contributed by atoms with Crippen LogP contribution in [0.4, 0.5) is 0 Å². The van der Waals surface area contributed by atoms with Crippen molar-refractivity contribution in [3.05, 3.63) is 0 Å². The maximum absolute atomic E-state index is 12.1. The van der Waals surface area contributed by atoms with Crippen molar-refractivity contribution in [2.45, 2.75) is 51.3 Å². The lowest BCUT2D eigenvalue weighted by molar-refractivity contribution is -0.151. The van der Waals surface area contributed by atoms with Gasteiger partial charge in [-0.05, 0) is 12.8 Å². The highest BCUT2D eigenvalue weighted by Crippen LogP contribution is 2.52. The van der Waals surface area contributed by atoms with Crippen molar-refractivity contribution in [3.63, 3.8) is 0 Å². The molecule has 5 nitrogen and oxygen atoms in total. The van der Waals surface area contributed by atoms with Gasteiger partial charge in [0.25, 0.3) is 0 Å². The summed E-state index contributed by atoms with van der Waals surface area (Å²) < 4.78 is 5.76. The quantitative estimate of drug-likeness (QED) is 0.741. The third-order valence-corrected chi connectivity index (χ3v) is 5.13. The van der Waals surface area contributed by atoms with Gasteiger partial charge >= 0.3 is 0 Å². The molecule has 4 unspecified atom stereocenters. The maximum Gasteiger partial charge on any atom is 0.246 e. The van der Waals surface area contributed by atoms with Crippen LogP contribution in [0.2, 0.25) is 0 Å². The monoisotopic (exact) mass is 266 g/mol. The Morgan fingerprint density at radius 2 is 2.05 bits per heavy atom. The third kappa shape index (κ3) is 1.82. The number of imide groups is 1. The first-order valence-corrected chi connectivity index (χ1v) is 7.11. The topological polar surface area (TPSA) is 58.6 Å². The number of hydrogen-bond acceptors (Lipinski definition) is 4. The number of likely N-dealkylation sites (N-methyl/N-ethyl adjacent to an activating group) is 1. The zero-order valence-corrected chi connectivity index (χ0v) is 11.8. The molecule has 3 rings (SSSR count). The van der Waals surface area contributed by atoms with Crippen LogP contribution in [0.25, 0.3) is 0 Å². The Hall–Kier alpha value is -0.940. The Morgan fingerprint density at radius 3 is 2.79 bits per heavy atom. The van der Waals surface area contributed by atoms with Crippen molar-refractivity contribution in [3.8, 4) is 0 Å². The van der Waals surface area contributed by atoms with Gasteiger partial charge in [0, 0.05) is 37.5 Å². The summed E-state index contributed by atoms with van der Waals surface area (Å²) in [7, 11) is 1.58. The van der Waals surface area contributed by atoms with Gasteiger partial charge in [-0.3, -0.25) is 14.5 Å². The molecule has 2 saturated heterocycles. The number of likely N-dealkylation sites (tertiary alicyclic amines) is 1. The molecule has 1 saturated carbocycles. The maximum atomic E-state index is 12.1. The van der Waals surface area contributed by atoms with E-state index in [0.29, 0.717) is 30.9 Å². The highest BCUT2D eigenvalue weighted by Gasteiger charge is 2.59. The van der Waals surface area contributed by atoms with Gasteiger partial charge in [0.1, 0.15) is 0 Å². The lowest BCUT2D eigenvalue weighted by Crippen LogP contribution is -2.69. The van der Waals surface area contributed by atoms with Crippen LogP contribution in [-0.2, 0) is 14.3 Å². The Morgan fingerprint density at radius 1 is 1.32 bits per heavy atom. The van der Waals surface area contributed by atoms with Gasteiger partial charge in [0.15, 0.2) is 0 Å². The van der Waals surface area contributed by atoms with Crippen LogP contribution in [0.15, 0.2) is 0 Å². The fourth-order valence-corrected chi connectivity index (χ4v) is 3.95. The number of nitrogens with zero attached hydrogens (tertiary/aromatic N) is 1. The zero-order chi connectivity index (χ0) is 13.8. The highest BCUT2D eigenvalue weighted by atomic mass is 16.5. The van der Waals surface area contributed by atoms with E-state index in [1.165, 1.54) is 4.90 Å². The van der Waals surface area contributed by atoms with Crippen LogP contribution in [-0.4, -0.2) is 48.6 Å². The molecular formula is C14H22N2O3. The Labute approximate surface area is 113 Å². The molecule has 0 aromatic heterocycles. The van der Waals surface area contributed by atoms with Crippen LogP contribution in [0.5, 0.6) is 0 Å². The van der Waals surface area contributed by atoms with E-state index < -0.39 is 0 Å². The van der Waals surface area contributed by atoms with Gasteiger partial charge in [0.05, 0.1) is 12.1 Å². The first-order valence-electron chi connectivity index (χ1n) is 7.11. The smallest absolute Gasteiger partial charge is 0.246 e. The summed E-state index contributed by atoms with van der Waals surface area (Å²) in [6.45, 7) is 5.21. The third-order valence-electron chi connectivity index (χ3n) is 5.13. The van der Waals surface area contributed by atoms with Crippen LogP contribution >= 0.6 is 0 Å². The lowest BCUT2D eigenvalue weighted by Gasteiger charge is -2.56. The van der Waals surface area contributed by atoms with E-state index in [-0.39, 0.29) is 23.3 Å². The molecule has 3 aliphatic rings. The molecule has 5 heteroatoms. The van der Waals surface area contributed by atoms with E-state index in [0.717, 1.165) is 13.0 Å². The van der Waals surface area contributed by atoms with Gasteiger partial charge in [-0.25, -0.2) is 0 Å². The molecule has 0 bridgehead atoms.